The first-order valence-electron chi connectivity index (χ1n) is 5.64. The Hall–Kier alpha value is -1.74. The van der Waals surface area contributed by atoms with Gasteiger partial charge in [-0.1, -0.05) is 17.7 Å². The minimum Gasteiger partial charge on any atom is -0.396 e. The van der Waals surface area contributed by atoms with Crippen LogP contribution in [0.15, 0.2) is 29.8 Å². The molecule has 0 spiro atoms. The number of hydrogen-bond donors (Lipinski definition) is 1. The fourth-order valence-corrected chi connectivity index (χ4v) is 1.99. The van der Waals surface area contributed by atoms with Crippen molar-refractivity contribution in [2.75, 3.05) is 6.61 Å². The highest BCUT2D eigenvalue weighted by atomic mass is 16.3. The highest BCUT2D eigenvalue weighted by molar-refractivity contribution is 6.24. The van der Waals surface area contributed by atoms with Crippen LogP contribution in [0.4, 0.5) is 0 Å². The van der Waals surface area contributed by atoms with Gasteiger partial charge in [0.25, 0.3) is 0 Å². The molecule has 0 bridgehead atoms. The third-order valence-corrected chi connectivity index (χ3v) is 2.89. The van der Waals surface area contributed by atoms with Gasteiger partial charge in [0, 0.05) is 23.3 Å². The molecule has 0 saturated carbocycles. The molecule has 3 heteroatoms. The third-order valence-electron chi connectivity index (χ3n) is 2.89. The average Bonchev–Trinajstić information content (AvgIpc) is 2.32. The Morgan fingerprint density at radius 1 is 1.18 bits per heavy atom. The van der Waals surface area contributed by atoms with E-state index in [-0.39, 0.29) is 18.2 Å². The van der Waals surface area contributed by atoms with Gasteiger partial charge < -0.3 is 5.11 Å². The monoisotopic (exact) mass is 230 g/mol. The number of Topliss-reactive ketones (excluding diaryl/α,β-unsaturated/α-hetero) is 1. The maximum Gasteiger partial charge on any atom is 0.189 e. The summed E-state index contributed by atoms with van der Waals surface area (Å²) in [5, 5.41) is 8.76. The average molecular weight is 230 g/mol. The first-order chi connectivity index (χ1) is 8.13. The molecule has 3 nitrogen and oxygen atoms in total. The number of aliphatic hydroxyl groups is 1. The normalized spacial score (nSPS) is 14.6. The highest BCUT2D eigenvalue weighted by Crippen LogP contribution is 2.24. The summed E-state index contributed by atoms with van der Waals surface area (Å²) >= 11 is 0. The van der Waals surface area contributed by atoms with Gasteiger partial charge in [-0.25, -0.2) is 0 Å². The number of fused-ring (bicyclic) bond motifs is 1. The van der Waals surface area contributed by atoms with Gasteiger partial charge in [0.1, 0.15) is 0 Å². The number of ketones is 2. The van der Waals surface area contributed by atoms with Crippen LogP contribution < -0.4 is 0 Å². The molecule has 1 aromatic rings. The van der Waals surface area contributed by atoms with Crippen LogP contribution >= 0.6 is 0 Å². The molecule has 1 aliphatic rings. The van der Waals surface area contributed by atoms with Gasteiger partial charge in [0.05, 0.1) is 0 Å². The predicted octanol–water partition coefficient (Wildman–Crippen LogP) is 2.07. The summed E-state index contributed by atoms with van der Waals surface area (Å²) in [4.78, 5) is 23.9. The summed E-state index contributed by atoms with van der Waals surface area (Å²) in [5.74, 6) is -0.204. The number of carbonyl (C=O) groups excluding carboxylic acids is 2. The lowest BCUT2D eigenvalue weighted by atomic mass is 9.87. The quantitative estimate of drug-likeness (QED) is 0.864. The number of aryl methyl sites for hydroxylation is 1. The van der Waals surface area contributed by atoms with E-state index >= 15 is 0 Å². The molecule has 1 aromatic carbocycles. The Kier molecular flexibility index (Phi) is 3.20. The minimum absolute atomic E-state index is 0.0273. The lowest BCUT2D eigenvalue weighted by Crippen LogP contribution is -2.17. The molecule has 0 amide bonds. The second kappa shape index (κ2) is 4.63. The molecule has 0 radical (unpaired) electrons. The topological polar surface area (TPSA) is 54.4 Å². The molecule has 0 saturated heterocycles. The van der Waals surface area contributed by atoms with Gasteiger partial charge >= 0.3 is 0 Å². The Labute approximate surface area is 99.8 Å². The van der Waals surface area contributed by atoms with Crippen LogP contribution in [0.2, 0.25) is 0 Å². The first-order valence-corrected chi connectivity index (χ1v) is 5.64. The second-order valence-corrected chi connectivity index (χ2v) is 4.24. The molecular weight excluding hydrogens is 216 g/mol. The Balaban J connectivity index is 2.39. The van der Waals surface area contributed by atoms with Crippen molar-refractivity contribution in [1.82, 2.24) is 0 Å². The zero-order chi connectivity index (χ0) is 12.4. The standard InChI is InChI=1S/C14H14O3/c1-9-4-5-11-12(7-9)13(16)8-10(14(11)17)3-2-6-15/h4-5,7-8,15H,2-3,6H2,1H3. The van der Waals surface area contributed by atoms with E-state index in [0.29, 0.717) is 29.5 Å². The van der Waals surface area contributed by atoms with Crippen LogP contribution in [0.5, 0.6) is 0 Å². The van der Waals surface area contributed by atoms with E-state index in [1.54, 1.807) is 12.1 Å². The van der Waals surface area contributed by atoms with Gasteiger partial charge in [0.2, 0.25) is 0 Å². The Morgan fingerprint density at radius 2 is 1.94 bits per heavy atom. The Morgan fingerprint density at radius 3 is 2.65 bits per heavy atom. The number of aliphatic hydroxyl groups excluding tert-OH is 1. The highest BCUT2D eigenvalue weighted by Gasteiger charge is 2.24. The summed E-state index contributed by atoms with van der Waals surface area (Å²) in [7, 11) is 0. The number of carbonyl (C=O) groups is 2. The largest absolute Gasteiger partial charge is 0.396 e. The molecule has 88 valence electrons. The maximum atomic E-state index is 12.1. The van der Waals surface area contributed by atoms with Crippen LogP contribution in [0, 0.1) is 6.92 Å². The van der Waals surface area contributed by atoms with Gasteiger partial charge in [-0.2, -0.15) is 0 Å². The van der Waals surface area contributed by atoms with Crippen molar-refractivity contribution in [3.05, 3.63) is 46.5 Å². The van der Waals surface area contributed by atoms with E-state index in [9.17, 15) is 9.59 Å². The maximum absolute atomic E-state index is 12.1. The van der Waals surface area contributed by atoms with Gasteiger partial charge in [-0.15, -0.1) is 0 Å². The van der Waals surface area contributed by atoms with E-state index in [1.165, 1.54) is 6.08 Å². The van der Waals surface area contributed by atoms with E-state index in [0.717, 1.165) is 5.56 Å². The summed E-state index contributed by atoms with van der Waals surface area (Å²) < 4.78 is 0. The second-order valence-electron chi connectivity index (χ2n) is 4.24. The molecule has 0 atom stereocenters. The molecule has 1 N–H and O–H groups in total. The zero-order valence-corrected chi connectivity index (χ0v) is 9.69. The van der Waals surface area contributed by atoms with Crippen LogP contribution in [-0.2, 0) is 0 Å². The number of allylic oxidation sites excluding steroid dienone is 2. The molecule has 0 aromatic heterocycles. The van der Waals surface area contributed by atoms with Crippen molar-refractivity contribution in [2.24, 2.45) is 0 Å². The van der Waals surface area contributed by atoms with Crippen LogP contribution in [0.3, 0.4) is 0 Å². The molecule has 0 heterocycles. The van der Waals surface area contributed by atoms with Gasteiger partial charge in [-0.05, 0) is 31.9 Å². The number of rotatable bonds is 3. The smallest absolute Gasteiger partial charge is 0.189 e. The van der Waals surface area contributed by atoms with Crippen molar-refractivity contribution in [3.8, 4) is 0 Å². The zero-order valence-electron chi connectivity index (χ0n) is 9.69. The fourth-order valence-electron chi connectivity index (χ4n) is 1.99. The van der Waals surface area contributed by atoms with Crippen molar-refractivity contribution in [1.29, 1.82) is 0 Å². The van der Waals surface area contributed by atoms with E-state index < -0.39 is 0 Å². The SMILES string of the molecule is Cc1ccc2c(c1)C(=O)C=C(CCCO)C2=O. The molecular formula is C14H14O3. The number of hydrogen-bond acceptors (Lipinski definition) is 3. The lowest BCUT2D eigenvalue weighted by molar-refractivity contribution is 0.0980. The molecule has 1 aliphatic carbocycles. The van der Waals surface area contributed by atoms with Crippen LogP contribution in [0.25, 0.3) is 0 Å². The van der Waals surface area contributed by atoms with Crippen molar-refractivity contribution in [2.45, 2.75) is 19.8 Å². The van der Waals surface area contributed by atoms with Crippen LogP contribution in [0.1, 0.15) is 39.1 Å². The third kappa shape index (κ3) is 2.19. The number of benzene rings is 1. The first kappa shape index (κ1) is 11.7. The van der Waals surface area contributed by atoms with Crippen molar-refractivity contribution in [3.63, 3.8) is 0 Å². The minimum atomic E-state index is -0.115. The molecule has 17 heavy (non-hydrogen) atoms. The van der Waals surface area contributed by atoms with E-state index in [4.69, 9.17) is 5.11 Å². The van der Waals surface area contributed by atoms with Crippen LogP contribution in [-0.4, -0.2) is 23.3 Å². The molecule has 0 fully saturated rings. The predicted molar refractivity (Wildman–Crippen MR) is 64.2 cm³/mol. The lowest BCUT2D eigenvalue weighted by Gasteiger charge is -2.15. The fraction of sp³-hybridized carbons (Fsp3) is 0.286. The summed E-state index contributed by atoms with van der Waals surface area (Å²) in [6, 6.07) is 5.28. The molecule has 0 unspecified atom stereocenters. The Bertz CT molecular complexity index is 512. The molecule has 0 aliphatic heterocycles. The molecule has 2 rings (SSSR count). The summed E-state index contributed by atoms with van der Waals surface area (Å²) in [6.45, 7) is 1.92. The van der Waals surface area contributed by atoms with E-state index in [2.05, 4.69) is 0 Å². The summed E-state index contributed by atoms with van der Waals surface area (Å²) in [5.41, 5.74) is 2.44. The van der Waals surface area contributed by atoms with Gasteiger partial charge in [-0.3, -0.25) is 9.59 Å². The van der Waals surface area contributed by atoms with Crippen molar-refractivity contribution < 1.29 is 14.7 Å². The van der Waals surface area contributed by atoms with E-state index in [1.807, 2.05) is 13.0 Å². The van der Waals surface area contributed by atoms with Crippen molar-refractivity contribution >= 4 is 11.6 Å². The summed E-state index contributed by atoms with van der Waals surface area (Å²) in [6.07, 6.45) is 2.36. The van der Waals surface area contributed by atoms with Gasteiger partial charge in [0.15, 0.2) is 11.6 Å².